The number of thiazole rings is 1. The molecule has 0 fully saturated rings. The summed E-state index contributed by atoms with van der Waals surface area (Å²) in [5.74, 6) is -0.724. The van der Waals surface area contributed by atoms with Crippen molar-refractivity contribution in [2.24, 2.45) is 4.99 Å². The molecule has 28 heavy (non-hydrogen) atoms. The van der Waals surface area contributed by atoms with Gasteiger partial charge in [0.15, 0.2) is 4.80 Å². The zero-order chi connectivity index (χ0) is 19.7. The molecule has 0 atom stereocenters. The van der Waals surface area contributed by atoms with Gasteiger partial charge in [-0.2, -0.15) is 4.99 Å². The molecule has 0 radical (unpaired) electrons. The highest BCUT2D eigenvalue weighted by atomic mass is 32.1. The Morgan fingerprint density at radius 1 is 1.07 bits per heavy atom. The van der Waals surface area contributed by atoms with E-state index in [0.29, 0.717) is 10.4 Å². The number of benzene rings is 3. The van der Waals surface area contributed by atoms with Gasteiger partial charge in [0, 0.05) is 5.56 Å². The van der Waals surface area contributed by atoms with Gasteiger partial charge in [-0.25, -0.2) is 0 Å². The van der Waals surface area contributed by atoms with Crippen molar-refractivity contribution in [3.8, 4) is 0 Å². The molecular formula is C22H18N2O3S. The summed E-state index contributed by atoms with van der Waals surface area (Å²) in [4.78, 5) is 29.7. The second-order valence-electron chi connectivity index (χ2n) is 6.46. The first kappa shape index (κ1) is 18.1. The fourth-order valence-corrected chi connectivity index (χ4v) is 4.30. The molecule has 0 N–H and O–H groups in total. The normalized spacial score (nSPS) is 11.9. The highest BCUT2D eigenvalue weighted by molar-refractivity contribution is 7.16. The fraction of sp³-hybridized carbons (Fsp3) is 0.136. The quantitative estimate of drug-likeness (QED) is 0.495. The summed E-state index contributed by atoms with van der Waals surface area (Å²) < 4.78 is 7.51. The molecule has 140 valence electrons. The van der Waals surface area contributed by atoms with Crippen molar-refractivity contribution in [3.63, 3.8) is 0 Å². The number of amides is 1. The molecular weight excluding hydrogens is 372 g/mol. The molecule has 4 aromatic rings. The van der Waals surface area contributed by atoms with Crippen LogP contribution < -0.4 is 4.80 Å². The van der Waals surface area contributed by atoms with E-state index in [-0.39, 0.29) is 18.4 Å². The molecule has 0 saturated carbocycles. The number of hydrogen-bond donors (Lipinski definition) is 0. The van der Waals surface area contributed by atoms with Crippen molar-refractivity contribution in [3.05, 3.63) is 76.6 Å². The Kier molecular flexibility index (Phi) is 4.79. The number of carbonyl (C=O) groups is 2. The van der Waals surface area contributed by atoms with E-state index in [0.717, 1.165) is 26.6 Å². The Morgan fingerprint density at radius 3 is 2.68 bits per heavy atom. The lowest BCUT2D eigenvalue weighted by atomic mass is 10.0. The first-order valence-electron chi connectivity index (χ1n) is 8.80. The Morgan fingerprint density at radius 2 is 1.86 bits per heavy atom. The molecule has 4 rings (SSSR count). The molecule has 0 unspecified atom stereocenters. The zero-order valence-corrected chi connectivity index (χ0v) is 16.3. The highest BCUT2D eigenvalue weighted by Crippen LogP contribution is 2.21. The lowest BCUT2D eigenvalue weighted by Gasteiger charge is -2.04. The Bertz CT molecular complexity index is 1280. The zero-order valence-electron chi connectivity index (χ0n) is 15.5. The van der Waals surface area contributed by atoms with Crippen molar-refractivity contribution in [2.75, 3.05) is 7.11 Å². The summed E-state index contributed by atoms with van der Waals surface area (Å²) in [6, 6.07) is 19.2. The lowest BCUT2D eigenvalue weighted by molar-refractivity contribution is -0.141. The topological polar surface area (TPSA) is 60.7 Å². The number of carbonyl (C=O) groups excluding carboxylic acids is 2. The van der Waals surface area contributed by atoms with E-state index in [1.807, 2.05) is 61.5 Å². The van der Waals surface area contributed by atoms with Gasteiger partial charge in [-0.15, -0.1) is 0 Å². The molecule has 5 nitrogen and oxygen atoms in total. The standard InChI is InChI=1S/C22H18N2O3S/c1-14-10-11-18-19(12-14)28-22(24(18)13-20(25)27-2)23-21(26)17-9-5-7-15-6-3-4-8-16(15)17/h3-12H,13H2,1-2H3. The van der Waals surface area contributed by atoms with E-state index in [9.17, 15) is 9.59 Å². The van der Waals surface area contributed by atoms with Crippen molar-refractivity contribution < 1.29 is 14.3 Å². The first-order chi connectivity index (χ1) is 13.6. The summed E-state index contributed by atoms with van der Waals surface area (Å²) in [6.07, 6.45) is 0. The van der Waals surface area contributed by atoms with Gasteiger partial charge in [0.05, 0.1) is 17.3 Å². The van der Waals surface area contributed by atoms with Gasteiger partial charge in [-0.3, -0.25) is 9.59 Å². The minimum absolute atomic E-state index is 0.00120. The Hall–Kier alpha value is -3.25. The van der Waals surface area contributed by atoms with Crippen molar-refractivity contribution in [1.82, 2.24) is 4.57 Å². The molecule has 0 aliphatic carbocycles. The number of hydrogen-bond acceptors (Lipinski definition) is 4. The molecule has 0 aliphatic rings. The van der Waals surface area contributed by atoms with E-state index in [4.69, 9.17) is 4.74 Å². The van der Waals surface area contributed by atoms with Crippen LogP contribution in [0.5, 0.6) is 0 Å². The number of esters is 1. The van der Waals surface area contributed by atoms with E-state index in [1.165, 1.54) is 18.4 Å². The Labute approximate surface area is 165 Å². The second kappa shape index (κ2) is 7.40. The van der Waals surface area contributed by atoms with E-state index in [2.05, 4.69) is 4.99 Å². The third kappa shape index (κ3) is 3.34. The molecule has 0 bridgehead atoms. The monoisotopic (exact) mass is 390 g/mol. The number of fused-ring (bicyclic) bond motifs is 2. The fourth-order valence-electron chi connectivity index (χ4n) is 3.17. The Balaban J connectivity index is 1.89. The smallest absolute Gasteiger partial charge is 0.325 e. The summed E-state index contributed by atoms with van der Waals surface area (Å²) in [7, 11) is 1.35. The van der Waals surface area contributed by atoms with Gasteiger partial charge in [-0.1, -0.05) is 53.8 Å². The minimum Gasteiger partial charge on any atom is -0.468 e. The maximum atomic E-state index is 13.0. The SMILES string of the molecule is COC(=O)Cn1c(=NC(=O)c2cccc3ccccc23)sc2cc(C)ccc21. The van der Waals surface area contributed by atoms with Crippen molar-refractivity contribution >= 4 is 44.2 Å². The molecule has 0 saturated heterocycles. The van der Waals surface area contributed by atoms with Gasteiger partial charge in [-0.05, 0) is 41.5 Å². The second-order valence-corrected chi connectivity index (χ2v) is 7.47. The molecule has 0 spiro atoms. The third-order valence-electron chi connectivity index (χ3n) is 4.57. The third-order valence-corrected chi connectivity index (χ3v) is 5.61. The van der Waals surface area contributed by atoms with Crippen LogP contribution in [0.3, 0.4) is 0 Å². The van der Waals surface area contributed by atoms with E-state index in [1.54, 1.807) is 10.6 Å². The number of methoxy groups -OCH3 is 1. The number of ether oxygens (including phenoxy) is 1. The van der Waals surface area contributed by atoms with E-state index < -0.39 is 0 Å². The van der Waals surface area contributed by atoms with Crippen LogP contribution in [0.4, 0.5) is 0 Å². The van der Waals surface area contributed by atoms with Gasteiger partial charge in [0.1, 0.15) is 6.54 Å². The van der Waals surface area contributed by atoms with Crippen LogP contribution in [-0.4, -0.2) is 23.6 Å². The van der Waals surface area contributed by atoms with Gasteiger partial charge >= 0.3 is 5.97 Å². The van der Waals surface area contributed by atoms with Crippen LogP contribution in [0.2, 0.25) is 0 Å². The van der Waals surface area contributed by atoms with Crippen LogP contribution in [0.15, 0.2) is 65.7 Å². The predicted molar refractivity (Wildman–Crippen MR) is 110 cm³/mol. The van der Waals surface area contributed by atoms with Gasteiger partial charge < -0.3 is 9.30 Å². The van der Waals surface area contributed by atoms with Crippen LogP contribution in [-0.2, 0) is 16.1 Å². The van der Waals surface area contributed by atoms with E-state index >= 15 is 0 Å². The summed E-state index contributed by atoms with van der Waals surface area (Å²) in [6.45, 7) is 2.00. The number of nitrogens with zero attached hydrogens (tertiary/aromatic N) is 2. The molecule has 1 amide bonds. The summed E-state index contributed by atoms with van der Waals surface area (Å²) in [5.41, 5.74) is 2.49. The average molecular weight is 390 g/mol. The maximum absolute atomic E-state index is 13.0. The van der Waals surface area contributed by atoms with Gasteiger partial charge in [0.2, 0.25) is 0 Å². The van der Waals surface area contributed by atoms with Crippen LogP contribution in [0.1, 0.15) is 15.9 Å². The van der Waals surface area contributed by atoms with Crippen LogP contribution >= 0.6 is 11.3 Å². The molecule has 6 heteroatoms. The average Bonchev–Trinajstić information content (AvgIpc) is 3.03. The largest absolute Gasteiger partial charge is 0.468 e. The molecule has 1 heterocycles. The molecule has 1 aromatic heterocycles. The first-order valence-corrected chi connectivity index (χ1v) is 9.62. The number of aryl methyl sites for hydroxylation is 1. The number of aromatic nitrogens is 1. The van der Waals surface area contributed by atoms with Crippen LogP contribution in [0, 0.1) is 6.92 Å². The van der Waals surface area contributed by atoms with Gasteiger partial charge in [0.25, 0.3) is 5.91 Å². The predicted octanol–water partition coefficient (Wildman–Crippen LogP) is 4.08. The maximum Gasteiger partial charge on any atom is 0.325 e. The van der Waals surface area contributed by atoms with Crippen LogP contribution in [0.25, 0.3) is 21.0 Å². The summed E-state index contributed by atoms with van der Waals surface area (Å²) in [5, 5.41) is 1.84. The minimum atomic E-state index is -0.390. The molecule has 3 aromatic carbocycles. The number of rotatable bonds is 3. The summed E-state index contributed by atoms with van der Waals surface area (Å²) >= 11 is 1.39. The van der Waals surface area contributed by atoms with Crippen molar-refractivity contribution in [2.45, 2.75) is 13.5 Å². The van der Waals surface area contributed by atoms with Crippen molar-refractivity contribution in [1.29, 1.82) is 0 Å². The molecule has 0 aliphatic heterocycles. The lowest BCUT2D eigenvalue weighted by Crippen LogP contribution is -2.22. The highest BCUT2D eigenvalue weighted by Gasteiger charge is 2.14.